The number of amides is 1. The van der Waals surface area contributed by atoms with Gasteiger partial charge >= 0.3 is 5.92 Å². The molecule has 0 saturated carbocycles. The number of nitrogens with zero attached hydrogens (tertiary/aromatic N) is 3. The van der Waals surface area contributed by atoms with Gasteiger partial charge in [0.1, 0.15) is 15.7 Å². The van der Waals surface area contributed by atoms with Crippen LogP contribution >= 0.6 is 11.3 Å². The highest BCUT2D eigenvalue weighted by Gasteiger charge is 2.46. The van der Waals surface area contributed by atoms with Crippen molar-refractivity contribution in [2.24, 2.45) is 10.9 Å². The molecule has 0 fully saturated rings. The van der Waals surface area contributed by atoms with E-state index >= 15 is 0 Å². The molecular weight excluding hydrogens is 380 g/mol. The van der Waals surface area contributed by atoms with Crippen molar-refractivity contribution >= 4 is 28.5 Å². The summed E-state index contributed by atoms with van der Waals surface area (Å²) >= 11 is 1.29. The molecule has 0 bridgehead atoms. The summed E-state index contributed by atoms with van der Waals surface area (Å²) in [5.74, 6) is -5.74. The molecule has 28 heavy (non-hydrogen) atoms. The van der Waals surface area contributed by atoms with Gasteiger partial charge in [-0.15, -0.1) is 0 Å². The van der Waals surface area contributed by atoms with Crippen LogP contribution in [0.2, 0.25) is 0 Å². The van der Waals surface area contributed by atoms with Crippen LogP contribution in [0.25, 0.3) is 11.3 Å². The number of alkyl halides is 2. The predicted molar refractivity (Wildman–Crippen MR) is 110 cm³/mol. The van der Waals surface area contributed by atoms with Gasteiger partial charge in [-0.25, -0.2) is 4.98 Å². The molecule has 1 amide bonds. The van der Waals surface area contributed by atoms with E-state index < -0.39 is 17.7 Å². The van der Waals surface area contributed by atoms with Gasteiger partial charge < -0.3 is 0 Å². The molecule has 1 unspecified atom stereocenters. The maximum atomic E-state index is 14.5. The smallest absolute Gasteiger partial charge is 0.297 e. The molecule has 4 nitrogen and oxygen atoms in total. The lowest BCUT2D eigenvalue weighted by Crippen LogP contribution is -2.46. The second-order valence-electron chi connectivity index (χ2n) is 6.92. The minimum atomic E-state index is -3.44. The third-order valence-electron chi connectivity index (χ3n) is 4.65. The Balaban J connectivity index is 2.09. The molecule has 0 aliphatic carbocycles. The highest BCUT2D eigenvalue weighted by molar-refractivity contribution is 7.16. The quantitative estimate of drug-likeness (QED) is 0.637. The summed E-state index contributed by atoms with van der Waals surface area (Å²) in [6, 6.07) is 9.35. The number of carbonyl (C=O) groups excluding carboxylic acids is 1. The lowest BCUT2D eigenvalue weighted by Gasteiger charge is -2.27. The number of halogens is 2. The zero-order valence-electron chi connectivity index (χ0n) is 16.1. The van der Waals surface area contributed by atoms with Gasteiger partial charge in [0.2, 0.25) is 0 Å². The summed E-state index contributed by atoms with van der Waals surface area (Å²) in [7, 11) is 0. The first-order chi connectivity index (χ1) is 13.4. The standard InChI is InChI=1S/C21H23F2N3OS/c1-4-26(20(27)21(22,23)14(2)3)19-17(15-9-6-5-7-10-15)25-18(28-19)16-11-8-12-24-13-16/h5-10,12-14,16H,4,11H2,1-3H3. The van der Waals surface area contributed by atoms with Crippen molar-refractivity contribution in [3.8, 4) is 11.3 Å². The van der Waals surface area contributed by atoms with E-state index in [1.807, 2.05) is 36.4 Å². The molecule has 1 aliphatic heterocycles. The van der Waals surface area contributed by atoms with Crippen LogP contribution in [0, 0.1) is 5.92 Å². The number of anilines is 1. The van der Waals surface area contributed by atoms with Gasteiger partial charge in [0, 0.05) is 36.4 Å². The van der Waals surface area contributed by atoms with Crippen molar-refractivity contribution in [3.05, 3.63) is 47.6 Å². The minimum Gasteiger partial charge on any atom is -0.297 e. The number of thiazole rings is 1. The lowest BCUT2D eigenvalue weighted by atomic mass is 10.0. The van der Waals surface area contributed by atoms with Crippen LogP contribution in [0.5, 0.6) is 0 Å². The number of rotatable bonds is 6. The van der Waals surface area contributed by atoms with Gasteiger partial charge in [-0.05, 0) is 13.3 Å². The molecule has 1 aromatic carbocycles. The van der Waals surface area contributed by atoms with Crippen LogP contribution in [0.15, 0.2) is 47.6 Å². The highest BCUT2D eigenvalue weighted by atomic mass is 32.1. The maximum Gasteiger partial charge on any atom is 0.327 e. The number of benzene rings is 1. The predicted octanol–water partition coefficient (Wildman–Crippen LogP) is 5.53. The second-order valence-corrected chi connectivity index (χ2v) is 7.93. The molecule has 148 valence electrons. The first-order valence-electron chi connectivity index (χ1n) is 9.30. The Morgan fingerprint density at radius 2 is 2.04 bits per heavy atom. The SMILES string of the molecule is CCN(C(=O)C(F)(F)C(C)C)c1sc(C2C=NC=CC2)nc1-c1ccccc1. The summed E-state index contributed by atoms with van der Waals surface area (Å²) in [6.45, 7) is 4.55. The topological polar surface area (TPSA) is 45.6 Å². The Bertz CT molecular complexity index is 890. The molecule has 0 saturated heterocycles. The molecule has 2 heterocycles. The summed E-state index contributed by atoms with van der Waals surface area (Å²) in [5, 5.41) is 1.22. The molecule has 0 N–H and O–H groups in total. The van der Waals surface area contributed by atoms with E-state index in [1.54, 1.807) is 19.3 Å². The average molecular weight is 403 g/mol. The Morgan fingerprint density at radius 3 is 2.61 bits per heavy atom. The Kier molecular flexibility index (Phi) is 6.03. The Labute approximate surface area is 167 Å². The Hall–Kier alpha value is -2.41. The molecule has 0 radical (unpaired) electrons. The fourth-order valence-electron chi connectivity index (χ4n) is 2.91. The van der Waals surface area contributed by atoms with E-state index in [0.29, 0.717) is 10.7 Å². The largest absolute Gasteiger partial charge is 0.327 e. The fraction of sp³-hybridized carbons (Fsp3) is 0.381. The van der Waals surface area contributed by atoms with Gasteiger partial charge in [-0.1, -0.05) is 61.6 Å². The van der Waals surface area contributed by atoms with Crippen LogP contribution in [-0.2, 0) is 4.79 Å². The number of aromatic nitrogens is 1. The fourth-order valence-corrected chi connectivity index (χ4v) is 4.13. The van der Waals surface area contributed by atoms with Gasteiger partial charge in [-0.2, -0.15) is 8.78 Å². The highest BCUT2D eigenvalue weighted by Crippen LogP contribution is 2.41. The normalized spacial score (nSPS) is 16.6. The maximum absolute atomic E-state index is 14.5. The van der Waals surface area contributed by atoms with Crippen LogP contribution in [0.3, 0.4) is 0 Å². The van der Waals surface area contributed by atoms with E-state index in [9.17, 15) is 13.6 Å². The molecule has 0 spiro atoms. The number of allylic oxidation sites excluding steroid dienone is 1. The van der Waals surface area contributed by atoms with Crippen LogP contribution < -0.4 is 4.90 Å². The van der Waals surface area contributed by atoms with Crippen molar-refractivity contribution in [2.75, 3.05) is 11.4 Å². The van der Waals surface area contributed by atoms with E-state index in [4.69, 9.17) is 4.98 Å². The molecular formula is C21H23F2N3OS. The van der Waals surface area contributed by atoms with Gasteiger partial charge in [0.05, 0.1) is 0 Å². The number of carbonyl (C=O) groups is 1. The van der Waals surface area contributed by atoms with Crippen molar-refractivity contribution in [3.63, 3.8) is 0 Å². The van der Waals surface area contributed by atoms with E-state index in [2.05, 4.69) is 4.99 Å². The summed E-state index contributed by atoms with van der Waals surface area (Å²) < 4.78 is 29.0. The summed E-state index contributed by atoms with van der Waals surface area (Å²) in [5.41, 5.74) is 1.35. The van der Waals surface area contributed by atoms with E-state index in [-0.39, 0.29) is 12.5 Å². The molecule has 3 rings (SSSR count). The monoisotopic (exact) mass is 403 g/mol. The van der Waals surface area contributed by atoms with Crippen molar-refractivity contribution in [2.45, 2.75) is 39.0 Å². The van der Waals surface area contributed by atoms with Crippen molar-refractivity contribution < 1.29 is 13.6 Å². The summed E-state index contributed by atoms with van der Waals surface area (Å²) in [6.07, 6.45) is 6.23. The Morgan fingerprint density at radius 1 is 1.32 bits per heavy atom. The number of hydrogen-bond donors (Lipinski definition) is 0. The van der Waals surface area contributed by atoms with Crippen molar-refractivity contribution in [1.82, 2.24) is 4.98 Å². The van der Waals surface area contributed by atoms with Gasteiger partial charge in [-0.3, -0.25) is 14.7 Å². The van der Waals surface area contributed by atoms with Gasteiger partial charge in [0.25, 0.3) is 5.91 Å². The zero-order valence-corrected chi connectivity index (χ0v) is 16.9. The van der Waals surface area contributed by atoms with E-state index in [1.165, 1.54) is 30.1 Å². The number of aliphatic imine (C=N–C) groups is 1. The third-order valence-corrected chi connectivity index (χ3v) is 5.86. The first-order valence-corrected chi connectivity index (χ1v) is 10.1. The lowest BCUT2D eigenvalue weighted by molar-refractivity contribution is -0.148. The third kappa shape index (κ3) is 3.90. The minimum absolute atomic E-state index is 0.0226. The van der Waals surface area contributed by atoms with Crippen LogP contribution in [-0.4, -0.2) is 29.6 Å². The zero-order chi connectivity index (χ0) is 20.3. The van der Waals surface area contributed by atoms with Crippen molar-refractivity contribution in [1.29, 1.82) is 0 Å². The van der Waals surface area contributed by atoms with E-state index in [0.717, 1.165) is 17.0 Å². The molecule has 1 atom stereocenters. The second kappa shape index (κ2) is 8.31. The molecule has 2 aromatic rings. The summed E-state index contributed by atoms with van der Waals surface area (Å²) in [4.78, 5) is 22.8. The first kappa shape index (κ1) is 20.3. The van der Waals surface area contributed by atoms with Crippen LogP contribution in [0.1, 0.15) is 38.1 Å². The van der Waals surface area contributed by atoms with Gasteiger partial charge in [0.15, 0.2) is 0 Å². The molecule has 1 aromatic heterocycles. The number of hydrogen-bond acceptors (Lipinski definition) is 4. The van der Waals surface area contributed by atoms with Crippen LogP contribution in [0.4, 0.5) is 13.8 Å². The average Bonchev–Trinajstić information content (AvgIpc) is 3.15. The molecule has 7 heteroatoms. The molecule has 1 aliphatic rings.